The monoisotopic (exact) mass is 388 g/mol. The summed E-state index contributed by atoms with van der Waals surface area (Å²) in [6, 6.07) is 0. The van der Waals surface area contributed by atoms with E-state index in [9.17, 15) is 0 Å². The molecule has 2 rings (SSSR count). The van der Waals surface area contributed by atoms with Gasteiger partial charge in [-0.05, 0) is 0 Å². The van der Waals surface area contributed by atoms with Gasteiger partial charge in [0.1, 0.15) is 12.2 Å². The van der Waals surface area contributed by atoms with E-state index in [1.807, 2.05) is 0 Å². The van der Waals surface area contributed by atoms with Gasteiger partial charge >= 0.3 is 18.1 Å². The fraction of sp³-hybridized carbons (Fsp3) is 1.00. The molecule has 0 radical (unpaired) electrons. The molecule has 0 aromatic heterocycles. The van der Waals surface area contributed by atoms with Crippen molar-refractivity contribution in [1.82, 2.24) is 0 Å². The Labute approximate surface area is 145 Å². The van der Waals surface area contributed by atoms with Gasteiger partial charge in [-0.3, -0.25) is 0 Å². The van der Waals surface area contributed by atoms with Crippen molar-refractivity contribution in [3.63, 3.8) is 0 Å². The minimum atomic E-state index is -2.82. The summed E-state index contributed by atoms with van der Waals surface area (Å²) in [5, 5.41) is 0. The molecular formula is C12H28O10Si2. The summed E-state index contributed by atoms with van der Waals surface area (Å²) >= 11 is 0. The van der Waals surface area contributed by atoms with Crippen LogP contribution in [0, 0.1) is 0 Å². The summed E-state index contributed by atoms with van der Waals surface area (Å²) in [7, 11) is 3.40. The molecule has 0 bridgehead atoms. The first-order valence-corrected chi connectivity index (χ1v) is 10.6. The minimum Gasteiger partial charge on any atom is -0.371 e. The molecule has 2 aliphatic heterocycles. The van der Waals surface area contributed by atoms with Crippen molar-refractivity contribution in [3.8, 4) is 0 Å². The zero-order valence-corrected chi connectivity index (χ0v) is 17.1. The molecule has 2 unspecified atom stereocenters. The summed E-state index contributed by atoms with van der Waals surface area (Å²) in [5.74, 6) is 0. The molecular weight excluding hydrogens is 360 g/mol. The Morgan fingerprint density at radius 2 is 0.875 bits per heavy atom. The number of rotatable bonds is 12. The van der Waals surface area contributed by atoms with Crippen LogP contribution in [0.15, 0.2) is 0 Å². The van der Waals surface area contributed by atoms with Gasteiger partial charge in [-0.25, -0.2) is 0 Å². The predicted octanol–water partition coefficient (Wildman–Crippen LogP) is -0.447. The normalized spacial score (nSPS) is 22.8. The molecule has 0 spiro atoms. The van der Waals surface area contributed by atoms with Gasteiger partial charge in [0.2, 0.25) is 0 Å². The van der Waals surface area contributed by atoms with Crippen molar-refractivity contribution in [2.45, 2.75) is 12.2 Å². The summed E-state index contributed by atoms with van der Waals surface area (Å²) in [6.45, 7) is 2.45. The third-order valence-electron chi connectivity index (χ3n) is 3.20. The molecule has 2 fully saturated rings. The molecule has 10 nitrogen and oxygen atoms in total. The van der Waals surface area contributed by atoms with Gasteiger partial charge in [0.25, 0.3) is 0 Å². The van der Waals surface area contributed by atoms with E-state index >= 15 is 0 Å². The predicted molar refractivity (Wildman–Crippen MR) is 84.9 cm³/mol. The molecule has 0 N–H and O–H groups in total. The maximum Gasteiger partial charge on any atom is 0.678 e. The highest BCUT2D eigenvalue weighted by atomic mass is 28.4. The average molecular weight is 389 g/mol. The van der Waals surface area contributed by atoms with E-state index in [1.165, 1.54) is 42.7 Å². The Balaban J connectivity index is 0.000000240. The molecule has 0 amide bonds. The molecule has 0 aliphatic carbocycles. The van der Waals surface area contributed by atoms with Crippen LogP contribution in [-0.2, 0) is 44.9 Å². The molecule has 0 aromatic carbocycles. The van der Waals surface area contributed by atoms with E-state index in [0.29, 0.717) is 13.2 Å². The van der Waals surface area contributed by atoms with Gasteiger partial charge in [0, 0.05) is 42.7 Å². The number of epoxide rings is 2. The molecule has 2 saturated heterocycles. The fourth-order valence-electron chi connectivity index (χ4n) is 1.57. The van der Waals surface area contributed by atoms with Crippen LogP contribution in [0.4, 0.5) is 0 Å². The molecule has 144 valence electrons. The maximum atomic E-state index is 5.35. The molecule has 24 heavy (non-hydrogen) atoms. The topological polar surface area (TPSA) is 98.9 Å². The van der Waals surface area contributed by atoms with Crippen LogP contribution in [-0.4, -0.2) is 99.4 Å². The lowest BCUT2D eigenvalue weighted by molar-refractivity contribution is 0.00174. The lowest BCUT2D eigenvalue weighted by Crippen LogP contribution is -2.47. The highest BCUT2D eigenvalue weighted by Crippen LogP contribution is 2.15. The van der Waals surface area contributed by atoms with Crippen LogP contribution in [0.1, 0.15) is 0 Å². The van der Waals surface area contributed by atoms with Gasteiger partial charge < -0.3 is 44.9 Å². The van der Waals surface area contributed by atoms with Gasteiger partial charge in [-0.2, -0.15) is 0 Å². The molecule has 12 heteroatoms. The zero-order valence-electron chi connectivity index (χ0n) is 15.1. The number of ether oxygens (including phenoxy) is 2. The fourth-order valence-corrected chi connectivity index (χ4v) is 4.06. The van der Waals surface area contributed by atoms with E-state index in [2.05, 4.69) is 0 Å². The van der Waals surface area contributed by atoms with E-state index in [1.54, 1.807) is 0 Å². The zero-order chi connectivity index (χ0) is 18.1. The first-order valence-electron chi connectivity index (χ1n) is 7.34. The summed E-state index contributed by atoms with van der Waals surface area (Å²) < 4.78 is 50.8. The maximum absolute atomic E-state index is 5.35. The van der Waals surface area contributed by atoms with E-state index in [4.69, 9.17) is 44.9 Å². The van der Waals surface area contributed by atoms with Gasteiger partial charge in [0.15, 0.2) is 0 Å². The van der Waals surface area contributed by atoms with Crippen LogP contribution in [0.25, 0.3) is 0 Å². The minimum absolute atomic E-state index is 0.192. The summed E-state index contributed by atoms with van der Waals surface area (Å²) in [4.78, 5) is 0. The van der Waals surface area contributed by atoms with Crippen molar-refractivity contribution >= 4 is 18.1 Å². The van der Waals surface area contributed by atoms with Crippen LogP contribution < -0.4 is 0 Å². The second kappa shape index (κ2) is 10.9. The van der Waals surface area contributed by atoms with Crippen molar-refractivity contribution in [3.05, 3.63) is 0 Å². The van der Waals surface area contributed by atoms with Gasteiger partial charge in [-0.15, -0.1) is 0 Å². The van der Waals surface area contributed by atoms with Crippen molar-refractivity contribution in [1.29, 1.82) is 0 Å². The smallest absolute Gasteiger partial charge is 0.371 e. The highest BCUT2D eigenvalue weighted by molar-refractivity contribution is 6.53. The Bertz CT molecular complexity index is 283. The van der Waals surface area contributed by atoms with Crippen LogP contribution in [0.3, 0.4) is 0 Å². The Morgan fingerprint density at radius 3 is 1.04 bits per heavy atom. The average Bonchev–Trinajstić information content (AvgIpc) is 3.53. The molecule has 2 atom stereocenters. The Kier molecular flexibility index (Phi) is 10.0. The lowest BCUT2D eigenvalue weighted by atomic mass is 10.5. The largest absolute Gasteiger partial charge is 0.678 e. The second-order valence-corrected chi connectivity index (χ2v) is 9.78. The van der Waals surface area contributed by atoms with E-state index < -0.39 is 18.1 Å². The number of hydrogen-bond acceptors (Lipinski definition) is 10. The summed E-state index contributed by atoms with van der Waals surface area (Å²) in [5.41, 5.74) is 0. The van der Waals surface area contributed by atoms with Crippen molar-refractivity contribution in [2.75, 3.05) is 69.1 Å². The van der Waals surface area contributed by atoms with Gasteiger partial charge in [-0.1, -0.05) is 0 Å². The van der Waals surface area contributed by atoms with Gasteiger partial charge in [0.05, 0.1) is 26.4 Å². The Morgan fingerprint density at radius 1 is 0.625 bits per heavy atom. The van der Waals surface area contributed by atoms with Crippen molar-refractivity contribution in [2.24, 2.45) is 0 Å². The first-order chi connectivity index (χ1) is 11.5. The first kappa shape index (κ1) is 22.1. The van der Waals surface area contributed by atoms with Crippen molar-refractivity contribution < 1.29 is 44.9 Å². The molecule has 2 aliphatic rings. The van der Waals surface area contributed by atoms with E-state index in [-0.39, 0.29) is 12.2 Å². The van der Waals surface area contributed by atoms with Crippen LogP contribution >= 0.6 is 0 Å². The Hall–Kier alpha value is 0.0338. The molecule has 0 saturated carbocycles. The summed E-state index contributed by atoms with van der Waals surface area (Å²) in [6.07, 6.45) is 0.384. The quantitative estimate of drug-likeness (QED) is 0.323. The molecule has 0 aromatic rings. The SMILES string of the molecule is CO[Si](OC)(OC)OCC1CO1.CO[Si](OC)(OC)OCC1CO1. The molecule has 2 heterocycles. The third kappa shape index (κ3) is 7.51. The van der Waals surface area contributed by atoms with Crippen LogP contribution in [0.5, 0.6) is 0 Å². The van der Waals surface area contributed by atoms with Crippen LogP contribution in [0.2, 0.25) is 0 Å². The lowest BCUT2D eigenvalue weighted by Gasteiger charge is -2.22. The second-order valence-electron chi connectivity index (χ2n) is 4.76. The number of hydrogen-bond donors (Lipinski definition) is 0. The standard InChI is InChI=1S/2C6H14O5Si/c2*1-7-12(8-2,9-3)11-5-6-4-10-6/h2*6H,4-5H2,1-3H3. The third-order valence-corrected chi connectivity index (χ3v) is 7.24. The highest BCUT2D eigenvalue weighted by Gasteiger charge is 2.44. The van der Waals surface area contributed by atoms with E-state index in [0.717, 1.165) is 13.2 Å².